The molecule has 0 aromatic carbocycles. The van der Waals surface area contributed by atoms with Crippen molar-refractivity contribution in [2.45, 2.75) is 25.9 Å². The van der Waals surface area contributed by atoms with Gasteiger partial charge in [0.2, 0.25) is 0 Å². The molecule has 3 rings (SSSR count). The Morgan fingerprint density at radius 3 is 2.88 bits per heavy atom. The van der Waals surface area contributed by atoms with Gasteiger partial charge >= 0.3 is 0 Å². The number of pyridine rings is 1. The monoisotopic (exact) mass is 345 g/mol. The van der Waals surface area contributed by atoms with E-state index in [2.05, 4.69) is 20.2 Å². The molecule has 0 radical (unpaired) electrons. The Morgan fingerprint density at radius 1 is 1.33 bits per heavy atom. The van der Waals surface area contributed by atoms with Crippen molar-refractivity contribution < 1.29 is 4.79 Å². The Labute approximate surface area is 146 Å². The fourth-order valence-electron chi connectivity index (χ4n) is 2.85. The molecule has 1 N–H and O–H groups in total. The van der Waals surface area contributed by atoms with Crippen molar-refractivity contribution in [1.29, 1.82) is 0 Å². The fraction of sp³-hybridized carbons (Fsp3) is 0.471. The van der Waals surface area contributed by atoms with Gasteiger partial charge in [-0.25, -0.2) is 9.97 Å². The lowest BCUT2D eigenvalue weighted by Gasteiger charge is -2.15. The van der Waals surface area contributed by atoms with Gasteiger partial charge in [-0.15, -0.1) is 11.3 Å². The molecule has 0 atom stereocenters. The lowest BCUT2D eigenvalue weighted by Crippen LogP contribution is -2.24. The second kappa shape index (κ2) is 7.72. The second-order valence-electron chi connectivity index (χ2n) is 6.16. The summed E-state index contributed by atoms with van der Waals surface area (Å²) in [6.45, 7) is 3.58. The zero-order valence-corrected chi connectivity index (χ0v) is 15.0. The van der Waals surface area contributed by atoms with Crippen molar-refractivity contribution in [2.24, 2.45) is 0 Å². The normalized spacial score (nSPS) is 14.8. The van der Waals surface area contributed by atoms with E-state index in [1.54, 1.807) is 12.4 Å². The highest BCUT2D eigenvalue weighted by molar-refractivity contribution is 7.13. The van der Waals surface area contributed by atoms with Gasteiger partial charge in [0.1, 0.15) is 15.7 Å². The van der Waals surface area contributed by atoms with Gasteiger partial charge in [-0.2, -0.15) is 0 Å². The van der Waals surface area contributed by atoms with Crippen LogP contribution in [0.25, 0.3) is 0 Å². The van der Waals surface area contributed by atoms with Crippen LogP contribution in [0.5, 0.6) is 0 Å². The zero-order valence-electron chi connectivity index (χ0n) is 14.2. The lowest BCUT2D eigenvalue weighted by atomic mass is 10.2. The second-order valence-corrected chi connectivity index (χ2v) is 7.28. The van der Waals surface area contributed by atoms with Crippen LogP contribution in [0.3, 0.4) is 0 Å². The Balaban J connectivity index is 1.58. The van der Waals surface area contributed by atoms with Crippen molar-refractivity contribution in [3.8, 4) is 0 Å². The van der Waals surface area contributed by atoms with Crippen molar-refractivity contribution in [1.82, 2.24) is 20.2 Å². The standard InChI is InChI=1S/C17H23N5OS/c1-21(2)16-13(6-5-7-18-16)10-20-17(23)14-11-19-15(24-14)12-22-8-3-4-9-22/h5-7,11H,3-4,8-10,12H2,1-2H3,(H,20,23). The Kier molecular flexibility index (Phi) is 5.42. The van der Waals surface area contributed by atoms with Crippen LogP contribution < -0.4 is 10.2 Å². The maximum atomic E-state index is 12.4. The number of hydrogen-bond acceptors (Lipinski definition) is 6. The molecule has 0 spiro atoms. The van der Waals surface area contributed by atoms with E-state index in [0.717, 1.165) is 36.0 Å². The van der Waals surface area contributed by atoms with E-state index in [9.17, 15) is 4.79 Å². The summed E-state index contributed by atoms with van der Waals surface area (Å²) in [6.07, 6.45) is 5.96. The highest BCUT2D eigenvalue weighted by Gasteiger charge is 2.16. The molecule has 0 bridgehead atoms. The van der Waals surface area contributed by atoms with E-state index in [-0.39, 0.29) is 5.91 Å². The summed E-state index contributed by atoms with van der Waals surface area (Å²) in [6, 6.07) is 3.86. The van der Waals surface area contributed by atoms with Crippen LogP contribution >= 0.6 is 11.3 Å². The minimum Gasteiger partial charge on any atom is -0.362 e. The number of thiazole rings is 1. The molecule has 1 aliphatic rings. The minimum atomic E-state index is -0.0752. The zero-order chi connectivity index (χ0) is 16.9. The Bertz CT molecular complexity index is 694. The SMILES string of the molecule is CN(C)c1ncccc1CNC(=O)c1cnc(CN2CCCC2)s1. The van der Waals surface area contributed by atoms with Crippen LogP contribution in [0.4, 0.5) is 5.82 Å². The van der Waals surface area contributed by atoms with Crippen LogP contribution in [0.15, 0.2) is 24.5 Å². The van der Waals surface area contributed by atoms with Gasteiger partial charge in [0.25, 0.3) is 5.91 Å². The molecule has 7 heteroatoms. The van der Waals surface area contributed by atoms with E-state index in [1.165, 1.54) is 24.2 Å². The number of rotatable bonds is 6. The van der Waals surface area contributed by atoms with Gasteiger partial charge in [-0.05, 0) is 32.0 Å². The number of nitrogens with one attached hydrogen (secondary N) is 1. The number of likely N-dealkylation sites (tertiary alicyclic amines) is 1. The highest BCUT2D eigenvalue weighted by atomic mass is 32.1. The Morgan fingerprint density at radius 2 is 2.12 bits per heavy atom. The van der Waals surface area contributed by atoms with Gasteiger partial charge in [-0.1, -0.05) is 6.07 Å². The van der Waals surface area contributed by atoms with Gasteiger partial charge in [-0.3, -0.25) is 9.69 Å². The fourth-order valence-corrected chi connectivity index (χ4v) is 3.73. The van der Waals surface area contributed by atoms with E-state index in [1.807, 2.05) is 31.1 Å². The van der Waals surface area contributed by atoms with Crippen LogP contribution in [0.1, 0.15) is 33.1 Å². The van der Waals surface area contributed by atoms with Crippen LogP contribution in [-0.4, -0.2) is 48.0 Å². The summed E-state index contributed by atoms with van der Waals surface area (Å²) in [5.41, 5.74) is 0.998. The van der Waals surface area contributed by atoms with Gasteiger partial charge in [0, 0.05) is 32.4 Å². The third kappa shape index (κ3) is 4.10. The molecule has 2 aromatic heterocycles. The summed E-state index contributed by atoms with van der Waals surface area (Å²) in [4.78, 5) is 26.1. The minimum absolute atomic E-state index is 0.0752. The first-order chi connectivity index (χ1) is 11.6. The van der Waals surface area contributed by atoms with Crippen molar-refractivity contribution in [3.05, 3.63) is 40.0 Å². The van der Waals surface area contributed by atoms with E-state index >= 15 is 0 Å². The molecule has 6 nitrogen and oxygen atoms in total. The molecule has 1 amide bonds. The molecule has 24 heavy (non-hydrogen) atoms. The molecule has 1 saturated heterocycles. The molecule has 1 aliphatic heterocycles. The topological polar surface area (TPSA) is 61.4 Å². The first-order valence-corrected chi connectivity index (χ1v) is 9.01. The van der Waals surface area contributed by atoms with Crippen LogP contribution in [-0.2, 0) is 13.1 Å². The maximum Gasteiger partial charge on any atom is 0.263 e. The van der Waals surface area contributed by atoms with E-state index in [0.29, 0.717) is 11.4 Å². The molecule has 0 aliphatic carbocycles. The summed E-state index contributed by atoms with van der Waals surface area (Å²) < 4.78 is 0. The predicted octanol–water partition coefficient (Wildman–Crippen LogP) is 2.13. The smallest absolute Gasteiger partial charge is 0.263 e. The molecular formula is C17H23N5OS. The van der Waals surface area contributed by atoms with Crippen LogP contribution in [0, 0.1) is 0 Å². The number of carbonyl (C=O) groups excluding carboxylic acids is 1. The average molecular weight is 345 g/mol. The summed E-state index contributed by atoms with van der Waals surface area (Å²) in [5, 5.41) is 3.98. The van der Waals surface area contributed by atoms with Gasteiger partial charge in [0.15, 0.2) is 0 Å². The van der Waals surface area contributed by atoms with E-state index in [4.69, 9.17) is 0 Å². The van der Waals surface area contributed by atoms with Crippen molar-refractivity contribution >= 4 is 23.1 Å². The number of aromatic nitrogens is 2. The summed E-state index contributed by atoms with van der Waals surface area (Å²) >= 11 is 1.48. The average Bonchev–Trinajstić information content (AvgIpc) is 3.25. The third-order valence-electron chi connectivity index (χ3n) is 4.07. The van der Waals surface area contributed by atoms with Crippen molar-refractivity contribution in [2.75, 3.05) is 32.1 Å². The first-order valence-electron chi connectivity index (χ1n) is 8.20. The molecule has 128 valence electrons. The maximum absolute atomic E-state index is 12.4. The Hall–Kier alpha value is -1.99. The number of hydrogen-bond donors (Lipinski definition) is 1. The van der Waals surface area contributed by atoms with Gasteiger partial charge < -0.3 is 10.2 Å². The number of amides is 1. The molecule has 1 fully saturated rings. The number of carbonyl (C=O) groups is 1. The largest absolute Gasteiger partial charge is 0.362 e. The lowest BCUT2D eigenvalue weighted by molar-refractivity contribution is 0.0955. The third-order valence-corrected chi connectivity index (χ3v) is 5.05. The molecule has 2 aromatic rings. The van der Waals surface area contributed by atoms with Gasteiger partial charge in [0.05, 0.1) is 12.7 Å². The van der Waals surface area contributed by atoms with Crippen LogP contribution in [0.2, 0.25) is 0 Å². The molecule has 3 heterocycles. The quantitative estimate of drug-likeness (QED) is 0.869. The van der Waals surface area contributed by atoms with E-state index < -0.39 is 0 Å². The number of nitrogens with zero attached hydrogens (tertiary/aromatic N) is 4. The molecular weight excluding hydrogens is 322 g/mol. The summed E-state index contributed by atoms with van der Waals surface area (Å²) in [7, 11) is 3.89. The number of anilines is 1. The summed E-state index contributed by atoms with van der Waals surface area (Å²) in [5.74, 6) is 0.797. The highest BCUT2D eigenvalue weighted by Crippen LogP contribution is 2.19. The first kappa shape index (κ1) is 16.9. The van der Waals surface area contributed by atoms with Crippen molar-refractivity contribution in [3.63, 3.8) is 0 Å². The molecule has 0 saturated carbocycles. The predicted molar refractivity (Wildman–Crippen MR) is 96.4 cm³/mol. The molecule has 0 unspecified atom stereocenters.